The van der Waals surface area contributed by atoms with Gasteiger partial charge < -0.3 is 15.5 Å². The van der Waals surface area contributed by atoms with Gasteiger partial charge in [0.05, 0.1) is 6.54 Å². The van der Waals surface area contributed by atoms with Crippen LogP contribution < -0.4 is 10.6 Å². The van der Waals surface area contributed by atoms with E-state index in [1.165, 1.54) is 16.7 Å². The first-order valence-electron chi connectivity index (χ1n) is 9.66. The first-order chi connectivity index (χ1) is 13.2. The molecule has 2 N–H and O–H groups in total. The number of amides is 1. The molecule has 0 atom stereocenters. The number of aliphatic imine (C=N–C) groups is 1. The van der Waals surface area contributed by atoms with Crippen molar-refractivity contribution in [3.05, 3.63) is 71.3 Å². The number of halogens is 1. The zero-order valence-corrected chi connectivity index (χ0v) is 18.7. The molecule has 0 bridgehead atoms. The second kappa shape index (κ2) is 11.7. The normalized spacial score (nSPS) is 14.0. The average molecular weight is 492 g/mol. The van der Waals surface area contributed by atoms with Gasteiger partial charge in [0.25, 0.3) is 0 Å². The largest absolute Gasteiger partial charge is 0.357 e. The molecule has 6 heteroatoms. The molecule has 1 saturated heterocycles. The first-order valence-corrected chi connectivity index (χ1v) is 9.66. The molecule has 0 aliphatic carbocycles. The molecular weight excluding hydrogens is 463 g/mol. The fourth-order valence-electron chi connectivity index (χ4n) is 3.14. The van der Waals surface area contributed by atoms with Crippen LogP contribution in [0.5, 0.6) is 0 Å². The van der Waals surface area contributed by atoms with Crippen molar-refractivity contribution in [1.29, 1.82) is 0 Å². The predicted molar refractivity (Wildman–Crippen MR) is 125 cm³/mol. The van der Waals surface area contributed by atoms with Gasteiger partial charge in [0.1, 0.15) is 0 Å². The molecule has 1 fully saturated rings. The van der Waals surface area contributed by atoms with E-state index in [1.807, 2.05) is 23.1 Å². The number of guanidine groups is 1. The maximum absolute atomic E-state index is 11.7. The van der Waals surface area contributed by atoms with Gasteiger partial charge in [-0.3, -0.25) is 4.79 Å². The molecule has 2 aromatic carbocycles. The molecule has 2 aromatic rings. The smallest absolute Gasteiger partial charge is 0.222 e. The lowest BCUT2D eigenvalue weighted by Crippen LogP contribution is -2.36. The van der Waals surface area contributed by atoms with E-state index in [9.17, 15) is 4.79 Å². The third-order valence-corrected chi connectivity index (χ3v) is 4.63. The van der Waals surface area contributed by atoms with Crippen LogP contribution in [0, 0.1) is 0 Å². The van der Waals surface area contributed by atoms with Crippen molar-refractivity contribution in [3.8, 4) is 0 Å². The van der Waals surface area contributed by atoms with Crippen LogP contribution in [-0.4, -0.2) is 29.9 Å². The average Bonchev–Trinajstić information content (AvgIpc) is 3.10. The molecule has 3 rings (SSSR count). The Balaban J connectivity index is 0.00000280. The number of likely N-dealkylation sites (tertiary alicyclic amines) is 1. The number of benzene rings is 2. The van der Waals surface area contributed by atoms with Crippen molar-refractivity contribution in [1.82, 2.24) is 15.5 Å². The van der Waals surface area contributed by atoms with Crippen molar-refractivity contribution in [3.63, 3.8) is 0 Å². The number of nitrogens with one attached hydrogen (secondary N) is 2. The minimum Gasteiger partial charge on any atom is -0.357 e. The minimum atomic E-state index is 0. The molecule has 0 spiro atoms. The van der Waals surface area contributed by atoms with Gasteiger partial charge in [-0.15, -0.1) is 24.0 Å². The van der Waals surface area contributed by atoms with E-state index in [4.69, 9.17) is 0 Å². The van der Waals surface area contributed by atoms with Gasteiger partial charge >= 0.3 is 0 Å². The minimum absolute atomic E-state index is 0. The van der Waals surface area contributed by atoms with E-state index >= 15 is 0 Å². The number of carbonyl (C=O) groups is 1. The highest BCUT2D eigenvalue weighted by Gasteiger charge is 2.19. The topological polar surface area (TPSA) is 56.7 Å². The summed E-state index contributed by atoms with van der Waals surface area (Å²) in [4.78, 5) is 18.3. The molecule has 0 unspecified atom stereocenters. The fraction of sp³-hybridized carbons (Fsp3) is 0.364. The summed E-state index contributed by atoms with van der Waals surface area (Å²) in [6.07, 6.45) is 1.67. The van der Waals surface area contributed by atoms with E-state index in [-0.39, 0.29) is 29.9 Å². The SMILES string of the molecule is CCNC(=NCc1ccccc1)NCc1ccc(CN2CCCC2=O)cc1.I. The summed E-state index contributed by atoms with van der Waals surface area (Å²) >= 11 is 0. The van der Waals surface area contributed by atoms with Crippen LogP contribution in [-0.2, 0) is 24.4 Å². The molecular formula is C22H29IN4O. The van der Waals surface area contributed by atoms with Crippen LogP contribution in [0.25, 0.3) is 0 Å². The molecule has 5 nitrogen and oxygen atoms in total. The standard InChI is InChI=1S/C22H28N4O.HI/c1-2-23-22(24-15-18-7-4-3-5-8-18)25-16-19-10-12-20(13-11-19)17-26-14-6-9-21(26)27;/h3-5,7-8,10-13H,2,6,9,14-17H2,1H3,(H2,23,24,25);1H. The van der Waals surface area contributed by atoms with E-state index in [2.05, 4.69) is 58.9 Å². The number of carbonyl (C=O) groups excluding carboxylic acids is 1. The molecule has 1 aliphatic rings. The summed E-state index contributed by atoms with van der Waals surface area (Å²) in [5.74, 6) is 1.08. The Morgan fingerprint density at radius 3 is 2.36 bits per heavy atom. The zero-order valence-electron chi connectivity index (χ0n) is 16.4. The highest BCUT2D eigenvalue weighted by molar-refractivity contribution is 14.0. The maximum Gasteiger partial charge on any atom is 0.222 e. The lowest BCUT2D eigenvalue weighted by atomic mass is 10.1. The predicted octanol–water partition coefficient (Wildman–Crippen LogP) is 3.68. The number of nitrogens with zero attached hydrogens (tertiary/aromatic N) is 2. The van der Waals surface area contributed by atoms with Crippen LogP contribution >= 0.6 is 24.0 Å². The van der Waals surface area contributed by atoms with Gasteiger partial charge in [-0.25, -0.2) is 4.99 Å². The fourth-order valence-corrected chi connectivity index (χ4v) is 3.14. The van der Waals surface area contributed by atoms with Crippen LogP contribution in [0.4, 0.5) is 0 Å². The van der Waals surface area contributed by atoms with E-state index in [0.717, 1.165) is 25.5 Å². The molecule has 1 amide bonds. The lowest BCUT2D eigenvalue weighted by Gasteiger charge is -2.16. The summed E-state index contributed by atoms with van der Waals surface area (Å²) in [7, 11) is 0. The third kappa shape index (κ3) is 6.82. The highest BCUT2D eigenvalue weighted by Crippen LogP contribution is 2.14. The van der Waals surface area contributed by atoms with Crippen LogP contribution in [0.2, 0.25) is 0 Å². The maximum atomic E-state index is 11.7. The molecule has 0 saturated carbocycles. The highest BCUT2D eigenvalue weighted by atomic mass is 127. The van der Waals surface area contributed by atoms with Gasteiger partial charge in [0.15, 0.2) is 5.96 Å². The number of hydrogen-bond donors (Lipinski definition) is 2. The van der Waals surface area contributed by atoms with E-state index in [0.29, 0.717) is 26.1 Å². The number of rotatable bonds is 7. The summed E-state index contributed by atoms with van der Waals surface area (Å²) < 4.78 is 0. The molecule has 0 aromatic heterocycles. The molecule has 1 aliphatic heterocycles. The van der Waals surface area contributed by atoms with Gasteiger partial charge in [-0.2, -0.15) is 0 Å². The Morgan fingerprint density at radius 1 is 1.00 bits per heavy atom. The summed E-state index contributed by atoms with van der Waals surface area (Å²) in [6, 6.07) is 18.7. The quantitative estimate of drug-likeness (QED) is 0.352. The second-order valence-electron chi connectivity index (χ2n) is 6.77. The Bertz CT molecular complexity index is 762. The van der Waals surface area contributed by atoms with Crippen molar-refractivity contribution in [2.24, 2.45) is 4.99 Å². The van der Waals surface area contributed by atoms with Crippen LogP contribution in [0.3, 0.4) is 0 Å². The summed E-state index contributed by atoms with van der Waals surface area (Å²) in [5, 5.41) is 6.66. The van der Waals surface area contributed by atoms with E-state index < -0.39 is 0 Å². The molecule has 0 radical (unpaired) electrons. The monoisotopic (exact) mass is 492 g/mol. The van der Waals surface area contributed by atoms with Crippen molar-refractivity contribution in [2.45, 2.75) is 39.4 Å². The van der Waals surface area contributed by atoms with Gasteiger partial charge in [0.2, 0.25) is 5.91 Å². The third-order valence-electron chi connectivity index (χ3n) is 4.63. The summed E-state index contributed by atoms with van der Waals surface area (Å²) in [5.41, 5.74) is 3.56. The van der Waals surface area contributed by atoms with Crippen molar-refractivity contribution in [2.75, 3.05) is 13.1 Å². The van der Waals surface area contributed by atoms with Crippen LogP contribution in [0.15, 0.2) is 59.6 Å². The van der Waals surface area contributed by atoms with Crippen LogP contribution in [0.1, 0.15) is 36.5 Å². The molecule has 150 valence electrons. The Hall–Kier alpha value is -2.09. The Labute approximate surface area is 184 Å². The Kier molecular flexibility index (Phi) is 9.27. The summed E-state index contributed by atoms with van der Waals surface area (Å²) in [6.45, 7) is 5.85. The van der Waals surface area contributed by atoms with Gasteiger partial charge in [0, 0.05) is 32.6 Å². The molecule has 28 heavy (non-hydrogen) atoms. The van der Waals surface area contributed by atoms with E-state index in [1.54, 1.807) is 0 Å². The van der Waals surface area contributed by atoms with Gasteiger partial charge in [-0.05, 0) is 30.0 Å². The second-order valence-corrected chi connectivity index (χ2v) is 6.77. The van der Waals surface area contributed by atoms with Crippen molar-refractivity contribution < 1.29 is 4.79 Å². The lowest BCUT2D eigenvalue weighted by molar-refractivity contribution is -0.128. The molecule has 1 heterocycles. The van der Waals surface area contributed by atoms with Gasteiger partial charge in [-0.1, -0.05) is 54.6 Å². The number of hydrogen-bond acceptors (Lipinski definition) is 2. The van der Waals surface area contributed by atoms with Crippen molar-refractivity contribution >= 4 is 35.8 Å². The Morgan fingerprint density at radius 2 is 1.71 bits per heavy atom. The zero-order chi connectivity index (χ0) is 18.9. The first kappa shape index (κ1) is 22.2.